The van der Waals surface area contributed by atoms with Crippen LogP contribution in [0.15, 0.2) is 47.0 Å². The van der Waals surface area contributed by atoms with Crippen LogP contribution in [0.3, 0.4) is 0 Å². The van der Waals surface area contributed by atoms with Crippen molar-refractivity contribution >= 4 is 63.3 Å². The number of carbonyl (C=O) groups excluding carboxylic acids is 2. The smallest absolute Gasteiger partial charge is 0.352 e. The Hall–Kier alpha value is -3.20. The summed E-state index contributed by atoms with van der Waals surface area (Å²) in [6, 6.07) is 4.55. The van der Waals surface area contributed by atoms with Crippen LogP contribution in [0.4, 0.5) is 5.13 Å². The molecule has 4 rings (SSSR count). The van der Waals surface area contributed by atoms with Crippen LogP contribution >= 0.6 is 34.7 Å². The van der Waals surface area contributed by atoms with E-state index in [1.54, 1.807) is 0 Å². The van der Waals surface area contributed by atoms with E-state index < -0.39 is 29.2 Å². The van der Waals surface area contributed by atoms with Gasteiger partial charge in [-0.15, -0.1) is 11.8 Å². The zero-order chi connectivity index (χ0) is 25.1. The van der Waals surface area contributed by atoms with Crippen LogP contribution in [0.2, 0.25) is 4.34 Å². The third kappa shape index (κ3) is 5.10. The molecule has 2 aliphatic heterocycles. The topological polar surface area (TPSA) is 177 Å². The first-order valence-corrected chi connectivity index (χ1v) is 12.5. The SMILES string of the molecule is NCCO/N=C(\C(=O)N[C@@H]1C(=O)N2C(C(=O)O)=C(C[n+]3ccccc3)CS[C@H]12)c1nc(N)sc1Cl. The van der Waals surface area contributed by atoms with Crippen LogP contribution < -0.4 is 21.4 Å². The van der Waals surface area contributed by atoms with Crippen LogP contribution in [0.25, 0.3) is 0 Å². The summed E-state index contributed by atoms with van der Waals surface area (Å²) in [5, 5.41) is 15.8. The lowest BCUT2D eigenvalue weighted by molar-refractivity contribution is -0.689. The molecule has 184 valence electrons. The van der Waals surface area contributed by atoms with Crippen LogP contribution in [0, 0.1) is 0 Å². The standard InChI is InChI=1S/C20H20ClN7O5S2/c21-15-11(25-20(23)35-15)12(26-33-7-4-22)16(29)24-13-17(30)28-14(19(31)32)10(9-34-18(13)28)8-27-5-2-1-3-6-27/h1-3,5-6,13,18H,4,7-9,22H2,(H3-,23,24,25,29,31,32)/p+1/b26-12-/t13-,18-/m1/s1. The predicted octanol–water partition coefficient (Wildman–Crippen LogP) is -0.216. The number of anilines is 1. The molecule has 6 N–H and O–H groups in total. The van der Waals surface area contributed by atoms with Crippen molar-refractivity contribution in [2.24, 2.45) is 10.9 Å². The number of nitrogens with zero attached hydrogens (tertiary/aromatic N) is 4. The average molecular weight is 539 g/mol. The molecule has 0 aromatic carbocycles. The van der Waals surface area contributed by atoms with E-state index in [2.05, 4.69) is 15.5 Å². The van der Waals surface area contributed by atoms with Gasteiger partial charge in [-0.2, -0.15) is 0 Å². The van der Waals surface area contributed by atoms with Gasteiger partial charge in [-0.05, 0) is 0 Å². The number of carboxylic acid groups (broad SMARTS) is 1. The molecule has 2 aromatic heterocycles. The molecule has 0 aliphatic carbocycles. The van der Waals surface area contributed by atoms with Crippen molar-refractivity contribution < 1.29 is 28.9 Å². The molecule has 0 unspecified atom stereocenters. The minimum atomic E-state index is -1.21. The van der Waals surface area contributed by atoms with Crippen molar-refractivity contribution in [3.63, 3.8) is 0 Å². The molecule has 1 fully saturated rings. The van der Waals surface area contributed by atoms with Crippen molar-refractivity contribution in [3.05, 3.63) is 51.9 Å². The van der Waals surface area contributed by atoms with Gasteiger partial charge in [0.05, 0.1) is 0 Å². The number of aromatic nitrogens is 2. The van der Waals surface area contributed by atoms with E-state index in [9.17, 15) is 19.5 Å². The highest BCUT2D eigenvalue weighted by Crippen LogP contribution is 2.40. The molecule has 15 heteroatoms. The number of oxime groups is 1. The number of β-lactam (4-membered cyclic amide) rings is 1. The number of pyridine rings is 1. The summed E-state index contributed by atoms with van der Waals surface area (Å²) < 4.78 is 1.95. The fraction of sp³-hybridized carbons (Fsp3) is 0.300. The minimum Gasteiger partial charge on any atom is -0.477 e. The number of rotatable bonds is 9. The molecule has 2 aromatic rings. The number of amides is 2. The predicted molar refractivity (Wildman–Crippen MR) is 129 cm³/mol. The molecule has 0 bridgehead atoms. The summed E-state index contributed by atoms with van der Waals surface area (Å²) >= 11 is 8.45. The number of thioether (sulfide) groups is 1. The van der Waals surface area contributed by atoms with E-state index in [4.69, 9.17) is 27.9 Å². The summed E-state index contributed by atoms with van der Waals surface area (Å²) in [6.07, 6.45) is 3.63. The maximum absolute atomic E-state index is 13.0. The normalized spacial score (nSPS) is 19.8. The lowest BCUT2D eigenvalue weighted by Gasteiger charge is -2.49. The Balaban J connectivity index is 1.54. The molecular formula is C20H21ClN7O5S2+. The summed E-state index contributed by atoms with van der Waals surface area (Å²) in [4.78, 5) is 48.4. The van der Waals surface area contributed by atoms with Crippen LogP contribution in [0.5, 0.6) is 0 Å². The highest BCUT2D eigenvalue weighted by Gasteiger charge is 2.54. The van der Waals surface area contributed by atoms with Gasteiger partial charge in [0.1, 0.15) is 33.7 Å². The van der Waals surface area contributed by atoms with Crippen molar-refractivity contribution in [2.75, 3.05) is 24.6 Å². The van der Waals surface area contributed by atoms with Gasteiger partial charge in [-0.25, -0.2) is 14.3 Å². The van der Waals surface area contributed by atoms with E-state index in [1.807, 2.05) is 35.2 Å². The highest BCUT2D eigenvalue weighted by molar-refractivity contribution is 8.00. The molecule has 2 amide bonds. The van der Waals surface area contributed by atoms with Gasteiger partial charge < -0.3 is 26.7 Å². The molecular weight excluding hydrogens is 518 g/mol. The van der Waals surface area contributed by atoms with E-state index in [0.717, 1.165) is 11.3 Å². The van der Waals surface area contributed by atoms with Crippen molar-refractivity contribution in [2.45, 2.75) is 18.0 Å². The summed E-state index contributed by atoms with van der Waals surface area (Å²) in [7, 11) is 0. The van der Waals surface area contributed by atoms with Crippen molar-refractivity contribution in [1.29, 1.82) is 0 Å². The summed E-state index contributed by atoms with van der Waals surface area (Å²) in [5.41, 5.74) is 11.3. The second-order valence-electron chi connectivity index (χ2n) is 7.40. The number of carboxylic acids is 1. The van der Waals surface area contributed by atoms with Gasteiger partial charge in [0.15, 0.2) is 29.8 Å². The second kappa shape index (κ2) is 10.6. The Morgan fingerprint density at radius 2 is 2.11 bits per heavy atom. The molecule has 2 aliphatic rings. The molecule has 0 saturated carbocycles. The number of nitrogens with two attached hydrogens (primary N) is 2. The third-order valence-electron chi connectivity index (χ3n) is 5.09. The Labute approximate surface area is 212 Å². The lowest BCUT2D eigenvalue weighted by atomic mass is 10.0. The monoisotopic (exact) mass is 538 g/mol. The maximum atomic E-state index is 13.0. The second-order valence-corrected chi connectivity index (χ2v) is 10.1. The molecule has 4 heterocycles. The van der Waals surface area contributed by atoms with E-state index in [0.29, 0.717) is 17.9 Å². The molecule has 0 radical (unpaired) electrons. The fourth-order valence-corrected chi connectivity index (χ4v) is 5.86. The summed E-state index contributed by atoms with van der Waals surface area (Å²) in [6.45, 7) is 0.521. The summed E-state index contributed by atoms with van der Waals surface area (Å²) in [5.74, 6) is -2.14. The first kappa shape index (κ1) is 24.9. The average Bonchev–Trinajstić information content (AvgIpc) is 3.17. The van der Waals surface area contributed by atoms with Crippen LogP contribution in [-0.4, -0.2) is 68.8 Å². The fourth-order valence-electron chi connectivity index (χ4n) is 3.59. The van der Waals surface area contributed by atoms with Gasteiger partial charge in [-0.3, -0.25) is 14.5 Å². The molecule has 12 nitrogen and oxygen atoms in total. The van der Waals surface area contributed by atoms with Crippen molar-refractivity contribution in [3.8, 4) is 0 Å². The quantitative estimate of drug-likeness (QED) is 0.110. The van der Waals surface area contributed by atoms with Crippen molar-refractivity contribution in [1.82, 2.24) is 15.2 Å². The molecule has 2 atom stereocenters. The number of nitrogen functional groups attached to an aromatic ring is 1. The Morgan fingerprint density at radius 1 is 1.37 bits per heavy atom. The van der Waals surface area contributed by atoms with Gasteiger partial charge in [0.25, 0.3) is 11.8 Å². The largest absolute Gasteiger partial charge is 0.477 e. The van der Waals surface area contributed by atoms with Gasteiger partial charge in [0.2, 0.25) is 0 Å². The van der Waals surface area contributed by atoms with E-state index in [1.165, 1.54) is 16.7 Å². The van der Waals surface area contributed by atoms with Crippen LogP contribution in [-0.2, 0) is 25.8 Å². The van der Waals surface area contributed by atoms with Gasteiger partial charge in [0, 0.05) is 30.0 Å². The van der Waals surface area contributed by atoms with Crippen LogP contribution in [0.1, 0.15) is 5.69 Å². The Morgan fingerprint density at radius 3 is 2.74 bits per heavy atom. The Bertz CT molecular complexity index is 1220. The lowest BCUT2D eigenvalue weighted by Crippen LogP contribution is -2.71. The number of hydrogen-bond donors (Lipinski definition) is 4. The minimum absolute atomic E-state index is 0.0110. The highest BCUT2D eigenvalue weighted by atomic mass is 35.5. The number of fused-ring (bicyclic) bond motifs is 1. The third-order valence-corrected chi connectivity index (χ3v) is 7.52. The Kier molecular flexibility index (Phi) is 7.54. The van der Waals surface area contributed by atoms with E-state index >= 15 is 0 Å². The number of nitrogens with one attached hydrogen (secondary N) is 1. The zero-order valence-electron chi connectivity index (χ0n) is 18.1. The molecule has 0 spiro atoms. The zero-order valence-corrected chi connectivity index (χ0v) is 20.5. The maximum Gasteiger partial charge on any atom is 0.352 e. The number of hydrogen-bond acceptors (Lipinski definition) is 10. The van der Waals surface area contributed by atoms with Gasteiger partial charge in [-0.1, -0.05) is 34.2 Å². The molecule has 35 heavy (non-hydrogen) atoms. The number of carbonyl (C=O) groups is 3. The number of aliphatic carboxylic acids is 1. The van der Waals surface area contributed by atoms with E-state index in [-0.39, 0.29) is 39.7 Å². The van der Waals surface area contributed by atoms with Gasteiger partial charge >= 0.3 is 5.97 Å². The number of thiazole rings is 1. The first-order valence-electron chi connectivity index (χ1n) is 10.3. The molecule has 1 saturated heterocycles. The first-order chi connectivity index (χ1) is 16.8. The number of halogens is 1.